The van der Waals surface area contributed by atoms with Gasteiger partial charge in [-0.3, -0.25) is 4.68 Å². The summed E-state index contributed by atoms with van der Waals surface area (Å²) in [6.45, 7) is 0. The van der Waals surface area contributed by atoms with Crippen molar-refractivity contribution in [3.05, 3.63) is 46.1 Å². The fraction of sp³-hybridized carbons (Fsp3) is 0.267. The van der Waals surface area contributed by atoms with Crippen LogP contribution in [0.5, 0.6) is 0 Å². The van der Waals surface area contributed by atoms with Gasteiger partial charge in [-0.2, -0.15) is 18.3 Å². The van der Waals surface area contributed by atoms with Crippen molar-refractivity contribution in [1.82, 2.24) is 9.78 Å². The van der Waals surface area contributed by atoms with E-state index in [1.807, 2.05) is 0 Å². The highest BCUT2D eigenvalue weighted by molar-refractivity contribution is 7.98. The predicted molar refractivity (Wildman–Crippen MR) is 93.6 cm³/mol. The Hall–Kier alpha value is -1.71. The highest BCUT2D eigenvalue weighted by Crippen LogP contribution is 2.36. The molecule has 0 N–H and O–H groups in total. The van der Waals surface area contributed by atoms with Crippen molar-refractivity contribution in [3.8, 4) is 0 Å². The maximum Gasteiger partial charge on any atom is 0.435 e. The predicted octanol–water partition coefficient (Wildman–Crippen LogP) is 4.50. The standard InChI is InChI=1S/C15H12Cl2F3N3O2S/c1-23-14(26-8-9-2-4-10(17)5-3-9)11(7-21-25-12(24)6-16)13(22-23)15(18,19)20/h2-5,7H,6,8H2,1H3. The van der Waals surface area contributed by atoms with E-state index in [1.54, 1.807) is 24.3 Å². The smallest absolute Gasteiger partial charge is 0.317 e. The van der Waals surface area contributed by atoms with E-state index in [0.717, 1.165) is 28.2 Å². The molecule has 11 heteroatoms. The number of carbonyl (C=O) groups is 1. The first kappa shape index (κ1) is 20.6. The number of alkyl halides is 4. The van der Waals surface area contributed by atoms with E-state index < -0.39 is 23.7 Å². The van der Waals surface area contributed by atoms with Crippen LogP contribution in [0, 0.1) is 0 Å². The van der Waals surface area contributed by atoms with Crippen LogP contribution in [0.4, 0.5) is 13.2 Å². The summed E-state index contributed by atoms with van der Waals surface area (Å²) in [5.74, 6) is -0.957. The van der Waals surface area contributed by atoms with E-state index >= 15 is 0 Å². The minimum Gasteiger partial charge on any atom is -0.317 e. The van der Waals surface area contributed by atoms with Crippen molar-refractivity contribution < 1.29 is 22.8 Å². The Bertz CT molecular complexity index is 808. The second-order valence-electron chi connectivity index (χ2n) is 4.94. The molecule has 0 saturated heterocycles. The topological polar surface area (TPSA) is 56.5 Å². The molecule has 0 aliphatic carbocycles. The number of aromatic nitrogens is 2. The molecule has 0 aliphatic heterocycles. The Morgan fingerprint density at radius 1 is 1.38 bits per heavy atom. The zero-order valence-corrected chi connectivity index (χ0v) is 15.6. The zero-order chi connectivity index (χ0) is 19.3. The number of rotatable bonds is 6. The normalized spacial score (nSPS) is 11.9. The summed E-state index contributed by atoms with van der Waals surface area (Å²) in [7, 11) is 1.39. The van der Waals surface area contributed by atoms with Crippen LogP contribution in [-0.2, 0) is 28.6 Å². The van der Waals surface area contributed by atoms with Crippen molar-refractivity contribution in [1.29, 1.82) is 0 Å². The van der Waals surface area contributed by atoms with Gasteiger partial charge in [-0.05, 0) is 17.7 Å². The van der Waals surface area contributed by atoms with Gasteiger partial charge in [-0.15, -0.1) is 23.4 Å². The number of hydrogen-bond acceptors (Lipinski definition) is 5. The van der Waals surface area contributed by atoms with Crippen LogP contribution in [0.15, 0.2) is 34.4 Å². The molecule has 0 amide bonds. The minimum atomic E-state index is -4.69. The van der Waals surface area contributed by atoms with Gasteiger partial charge in [0.05, 0.1) is 11.8 Å². The lowest BCUT2D eigenvalue weighted by Gasteiger charge is -2.05. The Kier molecular flexibility index (Phi) is 6.96. The molecule has 2 aromatic rings. The monoisotopic (exact) mass is 425 g/mol. The van der Waals surface area contributed by atoms with E-state index in [0.29, 0.717) is 10.8 Å². The van der Waals surface area contributed by atoms with Gasteiger partial charge in [0.1, 0.15) is 10.9 Å². The molecule has 0 unspecified atom stereocenters. The number of hydrogen-bond donors (Lipinski definition) is 0. The molecule has 0 bridgehead atoms. The summed E-state index contributed by atoms with van der Waals surface area (Å²) in [5, 5.41) is 7.59. The van der Waals surface area contributed by atoms with E-state index in [1.165, 1.54) is 7.05 Å². The van der Waals surface area contributed by atoms with Crippen LogP contribution >= 0.6 is 35.0 Å². The highest BCUT2D eigenvalue weighted by atomic mass is 35.5. The molecule has 0 fully saturated rings. The average molecular weight is 426 g/mol. The number of halogens is 5. The van der Waals surface area contributed by atoms with Crippen LogP contribution < -0.4 is 0 Å². The third-order valence-electron chi connectivity index (χ3n) is 3.03. The molecule has 1 aromatic heterocycles. The fourth-order valence-electron chi connectivity index (χ4n) is 1.92. The molecule has 1 aromatic carbocycles. The average Bonchev–Trinajstić information content (AvgIpc) is 2.90. The molecule has 2 rings (SSSR count). The third-order valence-corrected chi connectivity index (χ3v) is 4.74. The summed E-state index contributed by atoms with van der Waals surface area (Å²) in [5.41, 5.74) is -0.545. The van der Waals surface area contributed by atoms with Gasteiger partial charge in [0.2, 0.25) is 0 Å². The van der Waals surface area contributed by atoms with Crippen LogP contribution in [0.3, 0.4) is 0 Å². The second kappa shape index (κ2) is 8.79. The number of oxime groups is 1. The van der Waals surface area contributed by atoms with Gasteiger partial charge in [0.15, 0.2) is 5.69 Å². The van der Waals surface area contributed by atoms with E-state index in [-0.39, 0.29) is 10.6 Å². The van der Waals surface area contributed by atoms with Crippen LogP contribution in [-0.4, -0.2) is 27.8 Å². The Labute approximate surface area is 161 Å². The number of carbonyl (C=O) groups excluding carboxylic acids is 1. The lowest BCUT2D eigenvalue weighted by Crippen LogP contribution is -2.09. The van der Waals surface area contributed by atoms with Gasteiger partial charge >= 0.3 is 12.1 Å². The summed E-state index contributed by atoms with van der Waals surface area (Å²) in [6.07, 6.45) is -3.88. The van der Waals surface area contributed by atoms with Crippen molar-refractivity contribution >= 4 is 47.1 Å². The van der Waals surface area contributed by atoms with E-state index in [9.17, 15) is 18.0 Å². The third kappa shape index (κ3) is 5.39. The highest BCUT2D eigenvalue weighted by Gasteiger charge is 2.38. The van der Waals surface area contributed by atoms with Crippen molar-refractivity contribution in [2.75, 3.05) is 5.88 Å². The van der Waals surface area contributed by atoms with E-state index in [2.05, 4.69) is 15.1 Å². The first-order chi connectivity index (χ1) is 12.2. The summed E-state index contributed by atoms with van der Waals surface area (Å²) >= 11 is 12.2. The molecule has 0 spiro atoms. The molecule has 0 radical (unpaired) electrons. The number of thioether (sulfide) groups is 1. The molecule has 5 nitrogen and oxygen atoms in total. The SMILES string of the molecule is Cn1nc(C(F)(F)F)c(C=NOC(=O)CCl)c1SCc1ccc(Cl)cc1. The minimum absolute atomic E-state index is 0.220. The van der Waals surface area contributed by atoms with Gasteiger partial charge in [-0.25, -0.2) is 4.79 Å². The number of aryl methyl sites for hydroxylation is 1. The molecule has 1 heterocycles. The summed E-state index contributed by atoms with van der Waals surface area (Å²) in [4.78, 5) is 15.4. The molecule has 0 aliphatic rings. The van der Waals surface area contributed by atoms with Gasteiger partial charge in [0.25, 0.3) is 0 Å². The maximum absolute atomic E-state index is 13.2. The largest absolute Gasteiger partial charge is 0.435 e. The quantitative estimate of drug-likeness (QED) is 0.225. The summed E-state index contributed by atoms with van der Waals surface area (Å²) < 4.78 is 40.7. The van der Waals surface area contributed by atoms with Gasteiger partial charge in [0, 0.05) is 17.8 Å². The molecular weight excluding hydrogens is 414 g/mol. The molecule has 0 saturated carbocycles. The molecule has 0 atom stereocenters. The van der Waals surface area contributed by atoms with Crippen LogP contribution in [0.1, 0.15) is 16.8 Å². The lowest BCUT2D eigenvalue weighted by atomic mass is 10.2. The van der Waals surface area contributed by atoms with Crippen molar-refractivity contribution in [2.24, 2.45) is 12.2 Å². The van der Waals surface area contributed by atoms with Crippen LogP contribution in [0.25, 0.3) is 0 Å². The summed E-state index contributed by atoms with van der Waals surface area (Å²) in [6, 6.07) is 6.92. The zero-order valence-electron chi connectivity index (χ0n) is 13.3. The number of nitrogens with zero attached hydrogens (tertiary/aromatic N) is 3. The van der Waals surface area contributed by atoms with Crippen molar-refractivity contribution in [3.63, 3.8) is 0 Å². The van der Waals surface area contributed by atoms with Crippen LogP contribution in [0.2, 0.25) is 5.02 Å². The Balaban J connectivity index is 2.29. The molecule has 26 heavy (non-hydrogen) atoms. The lowest BCUT2D eigenvalue weighted by molar-refractivity contribution is -0.141. The Morgan fingerprint density at radius 3 is 2.62 bits per heavy atom. The fourth-order valence-corrected chi connectivity index (χ4v) is 3.12. The first-order valence-corrected chi connectivity index (χ1v) is 8.92. The van der Waals surface area contributed by atoms with Crippen molar-refractivity contribution in [2.45, 2.75) is 17.0 Å². The Morgan fingerprint density at radius 2 is 2.04 bits per heavy atom. The maximum atomic E-state index is 13.2. The number of benzene rings is 1. The van der Waals surface area contributed by atoms with E-state index in [4.69, 9.17) is 23.2 Å². The van der Waals surface area contributed by atoms with Gasteiger partial charge in [-0.1, -0.05) is 28.9 Å². The first-order valence-electron chi connectivity index (χ1n) is 7.03. The van der Waals surface area contributed by atoms with Gasteiger partial charge < -0.3 is 4.84 Å². The molecule has 140 valence electrons. The second-order valence-corrected chi connectivity index (χ2v) is 6.60. The molecular formula is C15H12Cl2F3N3O2S.